The third kappa shape index (κ3) is 2.72. The number of aromatic nitrogens is 2. The molecule has 0 bridgehead atoms. The average molecular weight is 270 g/mol. The van der Waals surface area contributed by atoms with Gasteiger partial charge in [0.1, 0.15) is 5.15 Å². The summed E-state index contributed by atoms with van der Waals surface area (Å²) in [5.41, 5.74) is 8.52. The molecule has 102 valence electrons. The first-order chi connectivity index (χ1) is 8.52. The van der Waals surface area contributed by atoms with E-state index in [2.05, 4.69) is 12.0 Å². The van der Waals surface area contributed by atoms with Crippen LogP contribution in [0.2, 0.25) is 5.15 Å². The predicted molar refractivity (Wildman–Crippen MR) is 75.8 cm³/mol. The lowest BCUT2D eigenvalue weighted by Gasteiger charge is -2.33. The molecular formula is C14H24ClN3. The molecule has 0 aromatic carbocycles. The second kappa shape index (κ2) is 5.62. The van der Waals surface area contributed by atoms with Crippen molar-refractivity contribution in [2.45, 2.75) is 52.0 Å². The van der Waals surface area contributed by atoms with Crippen LogP contribution in [0.4, 0.5) is 0 Å². The van der Waals surface area contributed by atoms with Crippen molar-refractivity contribution < 1.29 is 0 Å². The molecule has 1 aromatic heterocycles. The molecule has 1 saturated carbocycles. The largest absolute Gasteiger partial charge is 0.327 e. The van der Waals surface area contributed by atoms with Crippen molar-refractivity contribution >= 4 is 11.6 Å². The van der Waals surface area contributed by atoms with E-state index in [1.165, 1.54) is 24.8 Å². The molecule has 1 aromatic rings. The van der Waals surface area contributed by atoms with Gasteiger partial charge < -0.3 is 5.73 Å². The van der Waals surface area contributed by atoms with Gasteiger partial charge in [0.2, 0.25) is 0 Å². The molecule has 1 aliphatic rings. The van der Waals surface area contributed by atoms with E-state index < -0.39 is 0 Å². The van der Waals surface area contributed by atoms with Crippen LogP contribution in [0.25, 0.3) is 0 Å². The number of rotatable bonds is 3. The number of nitrogens with two attached hydrogens (primary N) is 1. The van der Waals surface area contributed by atoms with Gasteiger partial charge in [-0.25, -0.2) is 0 Å². The van der Waals surface area contributed by atoms with E-state index in [1.807, 2.05) is 14.0 Å². The minimum absolute atomic E-state index is 0.323. The van der Waals surface area contributed by atoms with Crippen molar-refractivity contribution in [1.29, 1.82) is 0 Å². The predicted octanol–water partition coefficient (Wildman–Crippen LogP) is 3.08. The third-order valence-electron chi connectivity index (χ3n) is 4.46. The fourth-order valence-corrected chi connectivity index (χ4v) is 3.41. The molecule has 2 rings (SSSR count). The first-order valence-electron chi connectivity index (χ1n) is 6.96. The maximum Gasteiger partial charge on any atom is 0.130 e. The molecule has 0 spiro atoms. The summed E-state index contributed by atoms with van der Waals surface area (Å²) in [5.74, 6) is 1.40. The van der Waals surface area contributed by atoms with Crippen LogP contribution in [0.1, 0.15) is 43.9 Å². The summed E-state index contributed by atoms with van der Waals surface area (Å²) in [7, 11) is 1.90. The highest BCUT2D eigenvalue weighted by Gasteiger charge is 2.29. The molecule has 0 amide bonds. The van der Waals surface area contributed by atoms with E-state index in [-0.39, 0.29) is 0 Å². The van der Waals surface area contributed by atoms with Crippen molar-refractivity contribution in [2.75, 3.05) is 0 Å². The smallest absolute Gasteiger partial charge is 0.130 e. The molecule has 0 aliphatic heterocycles. The van der Waals surface area contributed by atoms with Gasteiger partial charge in [-0.1, -0.05) is 24.9 Å². The molecule has 1 fully saturated rings. The van der Waals surface area contributed by atoms with Crippen LogP contribution >= 0.6 is 11.6 Å². The molecule has 0 saturated heterocycles. The van der Waals surface area contributed by atoms with Gasteiger partial charge in [-0.3, -0.25) is 4.68 Å². The van der Waals surface area contributed by atoms with Gasteiger partial charge in [0.15, 0.2) is 0 Å². The second-order valence-corrected chi connectivity index (χ2v) is 6.05. The minimum atomic E-state index is 0.323. The summed E-state index contributed by atoms with van der Waals surface area (Å²) in [6.45, 7) is 4.31. The molecule has 4 heteroatoms. The molecule has 3 unspecified atom stereocenters. The van der Waals surface area contributed by atoms with Crippen LogP contribution in [0.15, 0.2) is 0 Å². The normalized spacial score (nSPS) is 28.6. The van der Waals surface area contributed by atoms with Gasteiger partial charge >= 0.3 is 0 Å². The number of nitrogens with zero attached hydrogens (tertiary/aromatic N) is 2. The summed E-state index contributed by atoms with van der Waals surface area (Å²) in [6, 6.07) is 0.323. The number of aryl methyl sites for hydroxylation is 2. The Bertz CT molecular complexity index is 413. The molecule has 1 aliphatic carbocycles. The zero-order chi connectivity index (χ0) is 13.3. The third-order valence-corrected chi connectivity index (χ3v) is 4.94. The number of halogens is 1. The van der Waals surface area contributed by atoms with Crippen molar-refractivity contribution in [3.8, 4) is 0 Å². The molecule has 1 heterocycles. The Balaban J connectivity index is 2.11. The van der Waals surface area contributed by atoms with Crippen LogP contribution in [0.5, 0.6) is 0 Å². The Morgan fingerprint density at radius 3 is 2.72 bits per heavy atom. The average Bonchev–Trinajstić information content (AvgIpc) is 2.58. The fraction of sp³-hybridized carbons (Fsp3) is 0.786. The fourth-order valence-electron chi connectivity index (χ4n) is 3.16. The quantitative estimate of drug-likeness (QED) is 0.916. The van der Waals surface area contributed by atoms with E-state index in [4.69, 9.17) is 17.3 Å². The Morgan fingerprint density at radius 2 is 2.17 bits per heavy atom. The van der Waals surface area contributed by atoms with Crippen molar-refractivity contribution in [3.63, 3.8) is 0 Å². The summed E-state index contributed by atoms with van der Waals surface area (Å²) < 4.78 is 1.76. The Morgan fingerprint density at radius 1 is 1.44 bits per heavy atom. The van der Waals surface area contributed by atoms with Crippen molar-refractivity contribution in [2.24, 2.45) is 24.6 Å². The number of hydrogen-bond acceptors (Lipinski definition) is 2. The lowest BCUT2D eigenvalue weighted by atomic mass is 9.75. The molecule has 18 heavy (non-hydrogen) atoms. The maximum atomic E-state index is 6.31. The lowest BCUT2D eigenvalue weighted by Crippen LogP contribution is -2.37. The van der Waals surface area contributed by atoms with E-state index in [9.17, 15) is 0 Å². The summed E-state index contributed by atoms with van der Waals surface area (Å²) >= 11 is 6.31. The van der Waals surface area contributed by atoms with E-state index >= 15 is 0 Å². The molecule has 3 nitrogen and oxygen atoms in total. The zero-order valence-corrected chi connectivity index (χ0v) is 12.4. The monoisotopic (exact) mass is 269 g/mol. The first-order valence-corrected chi connectivity index (χ1v) is 7.34. The van der Waals surface area contributed by atoms with Crippen molar-refractivity contribution in [3.05, 3.63) is 16.4 Å². The minimum Gasteiger partial charge on any atom is -0.327 e. The van der Waals surface area contributed by atoms with E-state index in [0.29, 0.717) is 12.0 Å². The first kappa shape index (κ1) is 13.9. The summed E-state index contributed by atoms with van der Waals surface area (Å²) in [5, 5.41) is 5.16. The highest BCUT2D eigenvalue weighted by Crippen LogP contribution is 2.34. The van der Waals surface area contributed by atoms with Crippen molar-refractivity contribution in [1.82, 2.24) is 9.78 Å². The van der Waals surface area contributed by atoms with Gasteiger partial charge in [-0.2, -0.15) is 5.10 Å². The Hall–Kier alpha value is -0.540. The lowest BCUT2D eigenvalue weighted by molar-refractivity contribution is 0.227. The maximum absolute atomic E-state index is 6.31. The van der Waals surface area contributed by atoms with Gasteiger partial charge in [0, 0.05) is 18.7 Å². The summed E-state index contributed by atoms with van der Waals surface area (Å²) in [4.78, 5) is 0. The Kier molecular flexibility index (Phi) is 4.33. The molecule has 0 radical (unpaired) electrons. The van der Waals surface area contributed by atoms with Crippen LogP contribution in [-0.2, 0) is 13.5 Å². The highest BCUT2D eigenvalue weighted by atomic mass is 35.5. The second-order valence-electron chi connectivity index (χ2n) is 5.69. The van der Waals surface area contributed by atoms with Crippen LogP contribution in [0.3, 0.4) is 0 Å². The SMILES string of the molecule is CCC1CCC(N)C(Cc2c(C)nn(C)c2Cl)C1. The van der Waals surface area contributed by atoms with Crippen LogP contribution in [0, 0.1) is 18.8 Å². The van der Waals surface area contributed by atoms with E-state index in [1.54, 1.807) is 4.68 Å². The number of hydrogen-bond donors (Lipinski definition) is 1. The zero-order valence-electron chi connectivity index (χ0n) is 11.6. The van der Waals surface area contributed by atoms with Gasteiger partial charge in [0.05, 0.1) is 5.69 Å². The highest BCUT2D eigenvalue weighted by molar-refractivity contribution is 6.30. The van der Waals surface area contributed by atoms with Gasteiger partial charge in [-0.15, -0.1) is 0 Å². The summed E-state index contributed by atoms with van der Waals surface area (Å²) in [6.07, 6.45) is 5.93. The van der Waals surface area contributed by atoms with E-state index in [0.717, 1.165) is 29.6 Å². The standard InChI is InChI=1S/C14H24ClN3/c1-4-10-5-6-13(16)11(7-10)8-12-9(2)17-18(3)14(12)15/h10-11,13H,4-8,16H2,1-3H3. The van der Waals surface area contributed by atoms with Gasteiger partial charge in [-0.05, 0) is 44.4 Å². The Labute approximate surface area is 115 Å². The molecule has 2 N–H and O–H groups in total. The molecule has 3 atom stereocenters. The molecular weight excluding hydrogens is 246 g/mol. The van der Waals surface area contributed by atoms with Gasteiger partial charge in [0.25, 0.3) is 0 Å². The van der Waals surface area contributed by atoms with Crippen LogP contribution < -0.4 is 5.73 Å². The topological polar surface area (TPSA) is 43.8 Å². The van der Waals surface area contributed by atoms with Crippen LogP contribution in [-0.4, -0.2) is 15.8 Å².